The molecule has 0 saturated carbocycles. The highest BCUT2D eigenvalue weighted by molar-refractivity contribution is 5.69. The van der Waals surface area contributed by atoms with Crippen LogP contribution in [0, 0.1) is 5.92 Å². The Morgan fingerprint density at radius 3 is 2.65 bits per heavy atom. The molecule has 0 amide bonds. The molecule has 0 bridgehead atoms. The summed E-state index contributed by atoms with van der Waals surface area (Å²) in [7, 11) is 0. The van der Waals surface area contributed by atoms with Gasteiger partial charge in [0.05, 0.1) is 12.7 Å². The molecule has 1 heterocycles. The van der Waals surface area contributed by atoms with Crippen LogP contribution in [0.25, 0.3) is 0 Å². The van der Waals surface area contributed by atoms with Crippen molar-refractivity contribution in [3.05, 3.63) is 0 Å². The third-order valence-corrected chi connectivity index (χ3v) is 3.48. The van der Waals surface area contributed by atoms with Crippen molar-refractivity contribution in [2.24, 2.45) is 5.92 Å². The number of carbonyl (C=O) groups is 1. The standard InChI is InChI=1S/C13H25NO3/c1-3-17-13(16)5-4-8-14-9-6-12(7-10-14)11(2)15/h11-12,15H,3-10H2,1-2H3. The molecule has 4 heteroatoms. The van der Waals surface area contributed by atoms with E-state index < -0.39 is 0 Å². The number of aliphatic hydroxyl groups is 1. The zero-order valence-electron chi connectivity index (χ0n) is 11.0. The van der Waals surface area contributed by atoms with Crippen molar-refractivity contribution < 1.29 is 14.6 Å². The molecule has 17 heavy (non-hydrogen) atoms. The monoisotopic (exact) mass is 243 g/mol. The maximum absolute atomic E-state index is 11.2. The maximum atomic E-state index is 11.2. The minimum Gasteiger partial charge on any atom is -0.466 e. The van der Waals surface area contributed by atoms with Gasteiger partial charge in [-0.15, -0.1) is 0 Å². The first-order valence-corrected chi connectivity index (χ1v) is 6.69. The van der Waals surface area contributed by atoms with E-state index in [0.717, 1.165) is 38.9 Å². The maximum Gasteiger partial charge on any atom is 0.305 e. The normalized spacial score (nSPS) is 20.2. The molecule has 0 aliphatic carbocycles. The summed E-state index contributed by atoms with van der Waals surface area (Å²) >= 11 is 0. The second-order valence-electron chi connectivity index (χ2n) is 4.83. The summed E-state index contributed by atoms with van der Waals surface area (Å²) in [5.74, 6) is 0.364. The molecule has 1 aliphatic heterocycles. The van der Waals surface area contributed by atoms with E-state index >= 15 is 0 Å². The zero-order chi connectivity index (χ0) is 12.7. The summed E-state index contributed by atoms with van der Waals surface area (Å²) in [5.41, 5.74) is 0. The van der Waals surface area contributed by atoms with Crippen LogP contribution in [-0.2, 0) is 9.53 Å². The Kier molecular flexibility index (Phi) is 6.52. The molecule has 1 unspecified atom stereocenters. The summed E-state index contributed by atoms with van der Waals surface area (Å²) in [5, 5.41) is 9.49. The summed E-state index contributed by atoms with van der Waals surface area (Å²) in [6, 6.07) is 0. The minimum absolute atomic E-state index is 0.0913. The highest BCUT2D eigenvalue weighted by Crippen LogP contribution is 2.20. The first-order valence-electron chi connectivity index (χ1n) is 6.69. The number of hydrogen-bond donors (Lipinski definition) is 1. The average Bonchev–Trinajstić information content (AvgIpc) is 2.30. The molecular formula is C13H25NO3. The van der Waals surface area contributed by atoms with Gasteiger partial charge < -0.3 is 14.7 Å². The first kappa shape index (κ1) is 14.5. The molecular weight excluding hydrogens is 218 g/mol. The first-order chi connectivity index (χ1) is 8.13. The molecule has 1 saturated heterocycles. The number of ether oxygens (including phenoxy) is 1. The quantitative estimate of drug-likeness (QED) is 0.717. The number of nitrogens with zero attached hydrogens (tertiary/aromatic N) is 1. The van der Waals surface area contributed by atoms with Gasteiger partial charge in [0.1, 0.15) is 0 Å². The van der Waals surface area contributed by atoms with Crippen molar-refractivity contribution in [1.29, 1.82) is 0 Å². The summed E-state index contributed by atoms with van der Waals surface area (Å²) < 4.78 is 4.89. The Labute approximate surface area is 104 Å². The van der Waals surface area contributed by atoms with Gasteiger partial charge in [-0.25, -0.2) is 0 Å². The van der Waals surface area contributed by atoms with Gasteiger partial charge in [-0.05, 0) is 58.7 Å². The van der Waals surface area contributed by atoms with Crippen LogP contribution >= 0.6 is 0 Å². The highest BCUT2D eigenvalue weighted by atomic mass is 16.5. The van der Waals surface area contributed by atoms with Crippen LogP contribution in [0.1, 0.15) is 39.5 Å². The molecule has 1 N–H and O–H groups in total. The number of hydrogen-bond acceptors (Lipinski definition) is 4. The Morgan fingerprint density at radius 2 is 2.12 bits per heavy atom. The van der Waals surface area contributed by atoms with E-state index in [1.165, 1.54) is 0 Å². The lowest BCUT2D eigenvalue weighted by molar-refractivity contribution is -0.143. The van der Waals surface area contributed by atoms with Crippen LogP contribution < -0.4 is 0 Å². The van der Waals surface area contributed by atoms with Crippen LogP contribution in [0.4, 0.5) is 0 Å². The van der Waals surface area contributed by atoms with Crippen LogP contribution in [0.5, 0.6) is 0 Å². The van der Waals surface area contributed by atoms with Crippen molar-refractivity contribution in [1.82, 2.24) is 4.90 Å². The fourth-order valence-electron chi connectivity index (χ4n) is 2.34. The largest absolute Gasteiger partial charge is 0.466 e. The third kappa shape index (κ3) is 5.50. The van der Waals surface area contributed by atoms with E-state index in [0.29, 0.717) is 18.9 Å². The van der Waals surface area contributed by atoms with Gasteiger partial charge in [0.2, 0.25) is 0 Å². The van der Waals surface area contributed by atoms with Gasteiger partial charge in [-0.1, -0.05) is 0 Å². The minimum atomic E-state index is -0.184. The van der Waals surface area contributed by atoms with Crippen LogP contribution in [0.2, 0.25) is 0 Å². The predicted octanol–water partition coefficient (Wildman–Crippen LogP) is 1.42. The summed E-state index contributed by atoms with van der Waals surface area (Å²) in [6.45, 7) is 7.22. The third-order valence-electron chi connectivity index (χ3n) is 3.48. The fraction of sp³-hybridized carbons (Fsp3) is 0.923. The highest BCUT2D eigenvalue weighted by Gasteiger charge is 2.22. The topological polar surface area (TPSA) is 49.8 Å². The summed E-state index contributed by atoms with van der Waals surface area (Å²) in [6.07, 6.45) is 3.34. The number of esters is 1. The second kappa shape index (κ2) is 7.67. The van der Waals surface area contributed by atoms with Crippen molar-refractivity contribution in [3.8, 4) is 0 Å². The lowest BCUT2D eigenvalue weighted by Gasteiger charge is -2.33. The Hall–Kier alpha value is -0.610. The molecule has 0 aromatic heterocycles. The number of aliphatic hydroxyl groups excluding tert-OH is 1. The molecule has 1 fully saturated rings. The van der Waals surface area contributed by atoms with Crippen molar-refractivity contribution in [3.63, 3.8) is 0 Å². The lowest BCUT2D eigenvalue weighted by Crippen LogP contribution is -2.37. The molecule has 0 radical (unpaired) electrons. The van der Waals surface area contributed by atoms with Gasteiger partial charge >= 0.3 is 5.97 Å². The van der Waals surface area contributed by atoms with Crippen molar-refractivity contribution in [2.45, 2.75) is 45.6 Å². The fourth-order valence-corrected chi connectivity index (χ4v) is 2.34. The number of piperidine rings is 1. The number of carbonyl (C=O) groups excluding carboxylic acids is 1. The lowest BCUT2D eigenvalue weighted by atomic mass is 9.92. The predicted molar refractivity (Wildman–Crippen MR) is 66.7 cm³/mol. The van der Waals surface area contributed by atoms with E-state index in [4.69, 9.17) is 4.74 Å². The average molecular weight is 243 g/mol. The zero-order valence-corrected chi connectivity index (χ0v) is 11.0. The van der Waals surface area contributed by atoms with Crippen LogP contribution in [0.15, 0.2) is 0 Å². The van der Waals surface area contributed by atoms with E-state index in [2.05, 4.69) is 4.90 Å². The molecule has 0 aromatic carbocycles. The van der Waals surface area contributed by atoms with Gasteiger partial charge in [0.25, 0.3) is 0 Å². The molecule has 0 aromatic rings. The molecule has 1 atom stereocenters. The molecule has 0 spiro atoms. The SMILES string of the molecule is CCOC(=O)CCCN1CCC(C(C)O)CC1. The summed E-state index contributed by atoms with van der Waals surface area (Å²) in [4.78, 5) is 13.5. The van der Waals surface area contributed by atoms with Crippen LogP contribution in [-0.4, -0.2) is 48.3 Å². The molecule has 100 valence electrons. The number of rotatable bonds is 6. The molecule has 4 nitrogen and oxygen atoms in total. The van der Waals surface area contributed by atoms with Gasteiger partial charge in [-0.2, -0.15) is 0 Å². The number of likely N-dealkylation sites (tertiary alicyclic amines) is 1. The smallest absolute Gasteiger partial charge is 0.305 e. The van der Waals surface area contributed by atoms with E-state index in [-0.39, 0.29) is 12.1 Å². The second-order valence-corrected chi connectivity index (χ2v) is 4.83. The van der Waals surface area contributed by atoms with E-state index in [9.17, 15) is 9.90 Å². The molecule has 1 rings (SSSR count). The van der Waals surface area contributed by atoms with Crippen molar-refractivity contribution in [2.75, 3.05) is 26.2 Å². The Bertz CT molecular complexity index is 223. The molecule has 1 aliphatic rings. The van der Waals surface area contributed by atoms with Crippen molar-refractivity contribution >= 4 is 5.97 Å². The Balaban J connectivity index is 2.08. The van der Waals surface area contributed by atoms with Gasteiger partial charge in [-0.3, -0.25) is 4.79 Å². The van der Waals surface area contributed by atoms with E-state index in [1.54, 1.807) is 0 Å². The van der Waals surface area contributed by atoms with Gasteiger partial charge in [0.15, 0.2) is 0 Å². The van der Waals surface area contributed by atoms with Gasteiger partial charge in [0, 0.05) is 6.42 Å². The Morgan fingerprint density at radius 1 is 1.47 bits per heavy atom. The van der Waals surface area contributed by atoms with Crippen LogP contribution in [0.3, 0.4) is 0 Å². The van der Waals surface area contributed by atoms with E-state index in [1.807, 2.05) is 13.8 Å².